The Morgan fingerprint density at radius 2 is 1.66 bits per heavy atom. The molecule has 2 atom stereocenters. The monoisotopic (exact) mass is 873 g/mol. The number of piperazine rings is 1. The highest BCUT2D eigenvalue weighted by Gasteiger charge is 2.25. The maximum absolute atomic E-state index is 12.8. The van der Waals surface area contributed by atoms with Crippen LogP contribution >= 0.6 is 12.6 Å². The molecule has 1 aliphatic heterocycles. The Labute approximate surface area is 359 Å². The van der Waals surface area contributed by atoms with E-state index in [4.69, 9.17) is 35.5 Å². The smallest absolute Gasteiger partial charge is 0.326 e. The largest absolute Gasteiger partial charge is 0.496 e. The van der Waals surface area contributed by atoms with E-state index >= 15 is 0 Å². The molecule has 0 spiro atoms. The van der Waals surface area contributed by atoms with Crippen LogP contribution in [0.25, 0.3) is 11.0 Å². The number of carbonyl (C=O) groups excluding carboxylic acids is 4. The van der Waals surface area contributed by atoms with E-state index in [1.54, 1.807) is 7.11 Å². The van der Waals surface area contributed by atoms with E-state index in [2.05, 4.69) is 78.5 Å². The van der Waals surface area contributed by atoms with Crippen molar-refractivity contribution < 1.29 is 48.0 Å². The summed E-state index contributed by atoms with van der Waals surface area (Å²) in [7, 11) is 1.68. The number of aromatic nitrogens is 3. The Balaban J connectivity index is 1.05. The van der Waals surface area contributed by atoms with E-state index in [9.17, 15) is 24.0 Å². The Bertz CT molecular complexity index is 1910. The first kappa shape index (κ1) is 48.2. The van der Waals surface area contributed by atoms with Gasteiger partial charge in [-0.15, -0.1) is 12.6 Å². The number of carboxylic acids is 1. The molecule has 4 amide bonds. The number of fused-ring (bicyclic) bond motifs is 1. The predicted molar refractivity (Wildman–Crippen MR) is 229 cm³/mol. The molecule has 22 heteroatoms. The van der Waals surface area contributed by atoms with Gasteiger partial charge in [0.15, 0.2) is 11.3 Å². The molecule has 4 rings (SSSR count). The maximum Gasteiger partial charge on any atom is 0.326 e. The molecule has 61 heavy (non-hydrogen) atoms. The van der Waals surface area contributed by atoms with Gasteiger partial charge in [0.25, 0.3) is 0 Å². The number of rotatable bonds is 26. The number of methoxy groups -OCH3 is 1. The third kappa shape index (κ3) is 16.2. The third-order valence-electron chi connectivity index (χ3n) is 9.57. The summed E-state index contributed by atoms with van der Waals surface area (Å²) in [5.41, 5.74) is 13.7. The summed E-state index contributed by atoms with van der Waals surface area (Å²) in [4.78, 5) is 72.1. The molecule has 9 N–H and O–H groups in total. The van der Waals surface area contributed by atoms with E-state index in [0.717, 1.165) is 79.2 Å². The number of ether oxygens (including phenoxy) is 4. The van der Waals surface area contributed by atoms with E-state index in [-0.39, 0.29) is 57.8 Å². The fourth-order valence-electron chi connectivity index (χ4n) is 6.29. The minimum Gasteiger partial charge on any atom is -0.496 e. The number of unbranched alkanes of at least 4 members (excludes halogenated alkanes) is 2. The van der Waals surface area contributed by atoms with Gasteiger partial charge in [-0.25, -0.2) is 9.78 Å². The molecule has 1 fully saturated rings. The first-order valence-corrected chi connectivity index (χ1v) is 20.7. The summed E-state index contributed by atoms with van der Waals surface area (Å²) < 4.78 is 23.7. The number of nitrogen functional groups attached to an aromatic ring is 1. The van der Waals surface area contributed by atoms with Crippen LogP contribution in [-0.4, -0.2) is 157 Å². The van der Waals surface area contributed by atoms with Gasteiger partial charge in [0.1, 0.15) is 23.9 Å². The summed E-state index contributed by atoms with van der Waals surface area (Å²) in [5.74, 6) is -1.06. The van der Waals surface area contributed by atoms with Crippen molar-refractivity contribution in [2.24, 2.45) is 5.73 Å². The molecule has 1 aliphatic rings. The Morgan fingerprint density at radius 3 is 2.38 bits per heavy atom. The molecular formula is C39H59N11O10S. The van der Waals surface area contributed by atoms with Crippen LogP contribution in [-0.2, 0) is 46.5 Å². The SMILES string of the molecule is CCCCCNc1nc(N)nc2ccn(Cc3ccc(CN4CCN(C(=O)CCOCCOCCNC(=O)CNC(=O)NCC(=O)OC(S)[C@H](N)C(=O)O)CC4)cc3OC)c12. The zero-order chi connectivity index (χ0) is 44.1. The topological polar surface area (TPSA) is 280 Å². The number of hydrogen-bond donors (Lipinski definition) is 8. The standard InChI is InChI=1S/C39H59N11O10S/c1-3-4-5-10-43-35-34-28(46-38(41)47-35)8-12-50(34)25-27-7-6-26(21-29(27)57-2)24-48-13-15-49(16-14-48)31(52)9-17-58-19-20-59-18-11-42-30(51)22-44-39(56)45-23-32(53)60-37(61)33(40)36(54)55/h6-8,12,21,33,37,61H,3-5,9-11,13-20,22-25,40H2,1-2H3,(H,42,51)(H,54,55)(H2,44,45,56)(H3,41,43,46,47)/t33-,37?/m1/s1. The van der Waals surface area contributed by atoms with Gasteiger partial charge >= 0.3 is 18.0 Å². The quantitative estimate of drug-likeness (QED) is 0.0234. The van der Waals surface area contributed by atoms with Crippen molar-refractivity contribution in [1.29, 1.82) is 0 Å². The lowest BCUT2D eigenvalue weighted by Gasteiger charge is -2.35. The van der Waals surface area contributed by atoms with E-state index in [0.29, 0.717) is 19.6 Å². The first-order valence-electron chi connectivity index (χ1n) is 20.2. The van der Waals surface area contributed by atoms with Crippen LogP contribution in [0.5, 0.6) is 5.75 Å². The fraction of sp³-hybridized carbons (Fsp3) is 0.564. The minimum atomic E-state index is -1.54. The highest BCUT2D eigenvalue weighted by molar-refractivity contribution is 7.80. The van der Waals surface area contributed by atoms with Gasteiger partial charge in [0, 0.05) is 57.6 Å². The zero-order valence-corrected chi connectivity index (χ0v) is 35.6. The van der Waals surface area contributed by atoms with Crippen LogP contribution in [0, 0.1) is 0 Å². The molecule has 0 radical (unpaired) electrons. The molecule has 3 aromatic rings. The number of nitrogens with one attached hydrogen (secondary N) is 4. The van der Waals surface area contributed by atoms with E-state index in [1.807, 2.05) is 17.2 Å². The van der Waals surface area contributed by atoms with Gasteiger partial charge in [-0.1, -0.05) is 31.9 Å². The first-order chi connectivity index (χ1) is 29.4. The second-order valence-corrected chi connectivity index (χ2v) is 14.7. The summed E-state index contributed by atoms with van der Waals surface area (Å²) >= 11 is 3.78. The number of nitrogens with zero attached hydrogens (tertiary/aromatic N) is 5. The van der Waals surface area contributed by atoms with Crippen molar-refractivity contribution in [2.45, 2.75) is 57.2 Å². The van der Waals surface area contributed by atoms with Crippen LogP contribution in [0.1, 0.15) is 43.7 Å². The van der Waals surface area contributed by atoms with Gasteiger partial charge in [-0.3, -0.25) is 24.1 Å². The van der Waals surface area contributed by atoms with Crippen LogP contribution in [0.3, 0.4) is 0 Å². The number of thiol groups is 1. The average molecular weight is 874 g/mol. The van der Waals surface area contributed by atoms with Crippen LogP contribution in [0.4, 0.5) is 16.6 Å². The molecule has 336 valence electrons. The van der Waals surface area contributed by atoms with Crippen molar-refractivity contribution in [2.75, 3.05) is 96.9 Å². The lowest BCUT2D eigenvalue weighted by molar-refractivity contribution is -0.148. The fourth-order valence-corrected chi connectivity index (χ4v) is 6.53. The van der Waals surface area contributed by atoms with Gasteiger partial charge in [0.05, 0.1) is 58.6 Å². The molecule has 1 unspecified atom stereocenters. The summed E-state index contributed by atoms with van der Waals surface area (Å²) in [6.07, 6.45) is 5.57. The maximum atomic E-state index is 12.8. The van der Waals surface area contributed by atoms with E-state index < -0.39 is 41.9 Å². The summed E-state index contributed by atoms with van der Waals surface area (Å²) in [6, 6.07) is 5.89. The van der Waals surface area contributed by atoms with Gasteiger partial charge in [-0.05, 0) is 24.1 Å². The number of aliphatic carboxylic acids is 1. The zero-order valence-electron chi connectivity index (χ0n) is 34.7. The summed E-state index contributed by atoms with van der Waals surface area (Å²) in [5, 5.41) is 19.2. The number of nitrogens with two attached hydrogens (primary N) is 2. The number of carboxylic acid groups (broad SMARTS) is 1. The second-order valence-electron chi connectivity index (χ2n) is 14.2. The molecule has 0 saturated carbocycles. The molecule has 3 heterocycles. The molecular weight excluding hydrogens is 815 g/mol. The van der Waals surface area contributed by atoms with Gasteiger partial charge in [0.2, 0.25) is 17.8 Å². The Morgan fingerprint density at radius 1 is 0.918 bits per heavy atom. The van der Waals surface area contributed by atoms with Gasteiger partial charge in [-0.2, -0.15) is 4.98 Å². The Hall–Kier alpha value is -5.42. The number of benzene rings is 1. The molecule has 2 aromatic heterocycles. The number of esters is 1. The number of amides is 4. The highest BCUT2D eigenvalue weighted by Crippen LogP contribution is 2.27. The van der Waals surface area contributed by atoms with Crippen molar-refractivity contribution in [3.8, 4) is 5.75 Å². The average Bonchev–Trinajstić information content (AvgIpc) is 3.65. The summed E-state index contributed by atoms with van der Waals surface area (Å²) in [6.45, 7) is 7.28. The van der Waals surface area contributed by atoms with Crippen LogP contribution < -0.4 is 37.5 Å². The number of urea groups is 1. The molecule has 0 aliphatic carbocycles. The van der Waals surface area contributed by atoms with Gasteiger partial charge < -0.3 is 66.3 Å². The second kappa shape index (κ2) is 25.4. The van der Waals surface area contributed by atoms with E-state index in [1.165, 1.54) is 0 Å². The molecule has 1 saturated heterocycles. The predicted octanol–water partition coefficient (Wildman–Crippen LogP) is 0.366. The normalized spacial score (nSPS) is 13.9. The lowest BCUT2D eigenvalue weighted by atomic mass is 10.1. The van der Waals surface area contributed by atoms with Crippen molar-refractivity contribution >= 4 is 65.2 Å². The number of hydrogen-bond acceptors (Lipinski definition) is 16. The van der Waals surface area contributed by atoms with Crippen molar-refractivity contribution in [1.82, 2.24) is 40.3 Å². The lowest BCUT2D eigenvalue weighted by Crippen LogP contribution is -2.48. The Kier molecular flexibility index (Phi) is 20.1. The van der Waals surface area contributed by atoms with Crippen LogP contribution in [0.2, 0.25) is 0 Å². The molecule has 21 nitrogen and oxygen atoms in total. The molecule has 1 aromatic carbocycles. The van der Waals surface area contributed by atoms with Crippen molar-refractivity contribution in [3.63, 3.8) is 0 Å². The minimum absolute atomic E-state index is 0.0354. The van der Waals surface area contributed by atoms with Crippen LogP contribution in [0.15, 0.2) is 30.5 Å². The molecule has 0 bridgehead atoms. The highest BCUT2D eigenvalue weighted by atomic mass is 32.1. The number of carbonyl (C=O) groups is 5. The third-order valence-corrected chi connectivity index (χ3v) is 10.00. The number of anilines is 2. The van der Waals surface area contributed by atoms with Crippen molar-refractivity contribution in [3.05, 3.63) is 41.6 Å².